The molecule has 0 aliphatic heterocycles. The zero-order valence-electron chi connectivity index (χ0n) is 19.9. The zero-order valence-corrected chi connectivity index (χ0v) is 21.5. The summed E-state index contributed by atoms with van der Waals surface area (Å²) in [5, 5.41) is 4.09. The summed E-state index contributed by atoms with van der Waals surface area (Å²) < 4.78 is 32.9. The topological polar surface area (TPSA) is 105 Å². The van der Waals surface area contributed by atoms with Crippen LogP contribution < -0.4 is 14.5 Å². The smallest absolute Gasteiger partial charge is 0.343 e. The number of halogens is 1. The molecule has 0 aliphatic carbocycles. The highest BCUT2D eigenvalue weighted by Crippen LogP contribution is 2.30. The predicted octanol–water partition coefficient (Wildman–Crippen LogP) is 4.90. The van der Waals surface area contributed by atoms with Crippen LogP contribution in [0.2, 0.25) is 5.02 Å². The molecule has 10 heteroatoms. The second-order valence-corrected chi connectivity index (χ2v) is 10.2. The van der Waals surface area contributed by atoms with Crippen molar-refractivity contribution in [1.82, 2.24) is 5.43 Å². The van der Waals surface area contributed by atoms with Crippen LogP contribution in [0.3, 0.4) is 0 Å². The van der Waals surface area contributed by atoms with Crippen molar-refractivity contribution >= 4 is 45.4 Å². The lowest BCUT2D eigenvalue weighted by Gasteiger charge is -2.24. The molecule has 0 spiro atoms. The van der Waals surface area contributed by atoms with Crippen LogP contribution in [0.5, 0.6) is 5.75 Å². The van der Waals surface area contributed by atoms with Gasteiger partial charge in [-0.25, -0.2) is 18.6 Å². The second kappa shape index (κ2) is 12.2. The van der Waals surface area contributed by atoms with E-state index >= 15 is 0 Å². The predicted molar refractivity (Wildman–Crippen MR) is 146 cm³/mol. The monoisotopic (exact) mass is 547 g/mol. The molecule has 192 valence electrons. The van der Waals surface area contributed by atoms with E-state index in [1.807, 2.05) is 0 Å². The first kappa shape index (κ1) is 26.6. The van der Waals surface area contributed by atoms with Gasteiger partial charge < -0.3 is 4.74 Å². The zero-order chi connectivity index (χ0) is 27.0. The van der Waals surface area contributed by atoms with Crippen molar-refractivity contribution < 1.29 is 22.7 Å². The molecule has 0 fully saturated rings. The largest absolute Gasteiger partial charge is 0.423 e. The lowest BCUT2D eigenvalue weighted by molar-refractivity contribution is -0.119. The molecule has 1 N–H and O–H groups in total. The Labute approximate surface area is 225 Å². The van der Waals surface area contributed by atoms with E-state index in [1.165, 1.54) is 24.4 Å². The number of sulfonamides is 1. The number of esters is 1. The third-order valence-corrected chi connectivity index (χ3v) is 7.34. The number of ether oxygens (including phenoxy) is 1. The van der Waals surface area contributed by atoms with Crippen LogP contribution in [0.4, 0.5) is 5.69 Å². The number of anilines is 1. The van der Waals surface area contributed by atoms with Crippen molar-refractivity contribution in [2.45, 2.75) is 4.90 Å². The van der Waals surface area contributed by atoms with E-state index in [-0.39, 0.29) is 15.6 Å². The van der Waals surface area contributed by atoms with Crippen molar-refractivity contribution in [1.29, 1.82) is 0 Å². The standard InChI is InChI=1S/C28H22ClN3O5S/c29-25-13-7-8-14-26(25)32(38(35,36)24-11-5-2-6-12-24)20-27(33)31-30-19-21-15-17-23(18-16-21)37-28(34)22-9-3-1-4-10-22/h1-19H,20H2,(H,31,33)/b30-19-. The molecule has 0 unspecified atom stereocenters. The first-order chi connectivity index (χ1) is 18.3. The van der Waals surface area contributed by atoms with Crippen molar-refractivity contribution in [2.24, 2.45) is 5.10 Å². The highest BCUT2D eigenvalue weighted by molar-refractivity contribution is 7.92. The number of nitrogens with zero attached hydrogens (tertiary/aromatic N) is 2. The minimum atomic E-state index is -4.09. The molecular formula is C28H22ClN3O5S. The molecule has 4 rings (SSSR count). The second-order valence-electron chi connectivity index (χ2n) is 7.89. The highest BCUT2D eigenvalue weighted by atomic mass is 35.5. The molecule has 0 atom stereocenters. The van der Waals surface area contributed by atoms with Gasteiger partial charge in [0.05, 0.1) is 27.4 Å². The Balaban J connectivity index is 1.42. The van der Waals surface area contributed by atoms with Gasteiger partial charge in [0.25, 0.3) is 15.9 Å². The molecule has 0 saturated carbocycles. The fourth-order valence-electron chi connectivity index (χ4n) is 3.38. The molecule has 0 bridgehead atoms. The van der Waals surface area contributed by atoms with E-state index in [0.29, 0.717) is 16.9 Å². The number of carbonyl (C=O) groups is 2. The first-order valence-corrected chi connectivity index (χ1v) is 13.2. The SMILES string of the molecule is O=C(CN(c1ccccc1Cl)S(=O)(=O)c1ccccc1)N/N=C\c1ccc(OC(=O)c2ccccc2)cc1. The van der Waals surface area contributed by atoms with Gasteiger partial charge in [0.15, 0.2) is 0 Å². The molecule has 38 heavy (non-hydrogen) atoms. The molecule has 0 aliphatic rings. The first-order valence-electron chi connectivity index (χ1n) is 11.4. The lowest BCUT2D eigenvalue weighted by Crippen LogP contribution is -2.39. The highest BCUT2D eigenvalue weighted by Gasteiger charge is 2.28. The van der Waals surface area contributed by atoms with Gasteiger partial charge in [-0.15, -0.1) is 0 Å². The third-order valence-electron chi connectivity index (χ3n) is 5.24. The van der Waals surface area contributed by atoms with Crippen LogP contribution >= 0.6 is 11.6 Å². The summed E-state index contributed by atoms with van der Waals surface area (Å²) >= 11 is 6.26. The van der Waals surface area contributed by atoms with E-state index < -0.39 is 28.4 Å². The molecule has 0 aromatic heterocycles. The quantitative estimate of drug-likeness (QED) is 0.139. The molecule has 0 saturated heterocycles. The molecule has 1 amide bonds. The summed E-state index contributed by atoms with van der Waals surface area (Å²) in [7, 11) is -4.09. The van der Waals surface area contributed by atoms with Crippen molar-refractivity contribution in [3.63, 3.8) is 0 Å². The number of hydrazone groups is 1. The molecule has 0 heterocycles. The Kier molecular flexibility index (Phi) is 8.52. The molecular weight excluding hydrogens is 526 g/mol. The van der Waals surface area contributed by atoms with Crippen molar-refractivity contribution in [2.75, 3.05) is 10.8 Å². The fraction of sp³-hybridized carbons (Fsp3) is 0.0357. The van der Waals surface area contributed by atoms with E-state index in [2.05, 4.69) is 10.5 Å². The van der Waals surface area contributed by atoms with E-state index in [4.69, 9.17) is 16.3 Å². The maximum atomic E-state index is 13.3. The van der Waals surface area contributed by atoms with Gasteiger partial charge in [-0.1, -0.05) is 60.1 Å². The minimum Gasteiger partial charge on any atom is -0.423 e. The number of carbonyl (C=O) groups excluding carboxylic acids is 2. The lowest BCUT2D eigenvalue weighted by atomic mass is 10.2. The van der Waals surface area contributed by atoms with Gasteiger partial charge in [0, 0.05) is 0 Å². The summed E-state index contributed by atoms with van der Waals surface area (Å²) in [6, 6.07) is 29.2. The summed E-state index contributed by atoms with van der Waals surface area (Å²) in [6.45, 7) is -0.549. The number of hydrogen-bond donors (Lipinski definition) is 1. The van der Waals surface area contributed by atoms with E-state index in [0.717, 1.165) is 4.31 Å². The number of para-hydroxylation sites is 1. The van der Waals surface area contributed by atoms with Gasteiger partial charge in [0.2, 0.25) is 0 Å². The fourth-order valence-corrected chi connectivity index (χ4v) is 5.13. The number of amides is 1. The summed E-state index contributed by atoms with van der Waals surface area (Å²) in [4.78, 5) is 24.9. The normalized spacial score (nSPS) is 11.2. The third kappa shape index (κ3) is 6.64. The molecule has 4 aromatic carbocycles. The Morgan fingerprint density at radius 2 is 1.45 bits per heavy atom. The van der Waals surface area contributed by atoms with Gasteiger partial charge in [0.1, 0.15) is 12.3 Å². The van der Waals surface area contributed by atoms with Crippen LogP contribution in [0.15, 0.2) is 119 Å². The molecule has 4 aromatic rings. The van der Waals surface area contributed by atoms with Crippen LogP contribution in [0.25, 0.3) is 0 Å². The summed E-state index contributed by atoms with van der Waals surface area (Å²) in [5.41, 5.74) is 3.55. The van der Waals surface area contributed by atoms with Crippen LogP contribution in [0.1, 0.15) is 15.9 Å². The Bertz CT molecular complexity index is 1540. The van der Waals surface area contributed by atoms with Crippen molar-refractivity contribution in [3.8, 4) is 5.75 Å². The van der Waals surface area contributed by atoms with E-state index in [9.17, 15) is 18.0 Å². The van der Waals surface area contributed by atoms with Crippen LogP contribution in [0, 0.1) is 0 Å². The number of nitrogens with one attached hydrogen (secondary N) is 1. The van der Waals surface area contributed by atoms with Gasteiger partial charge in [-0.3, -0.25) is 9.10 Å². The van der Waals surface area contributed by atoms with Gasteiger partial charge in [-0.2, -0.15) is 5.10 Å². The van der Waals surface area contributed by atoms with Crippen molar-refractivity contribution in [3.05, 3.63) is 125 Å². The Hall–Kier alpha value is -4.47. The van der Waals surface area contributed by atoms with Crippen LogP contribution in [-0.2, 0) is 14.8 Å². The average molecular weight is 548 g/mol. The molecule has 0 radical (unpaired) electrons. The maximum Gasteiger partial charge on any atom is 0.343 e. The number of rotatable bonds is 9. The summed E-state index contributed by atoms with van der Waals surface area (Å²) in [6.07, 6.45) is 1.38. The van der Waals surface area contributed by atoms with Gasteiger partial charge >= 0.3 is 5.97 Å². The van der Waals surface area contributed by atoms with Gasteiger partial charge in [-0.05, 0) is 66.2 Å². The minimum absolute atomic E-state index is 0.0178. The summed E-state index contributed by atoms with van der Waals surface area (Å²) in [5.74, 6) is -0.802. The maximum absolute atomic E-state index is 13.3. The Morgan fingerprint density at radius 1 is 0.842 bits per heavy atom. The average Bonchev–Trinajstić information content (AvgIpc) is 2.94. The number of benzene rings is 4. The van der Waals surface area contributed by atoms with Crippen LogP contribution in [-0.4, -0.2) is 33.1 Å². The Morgan fingerprint density at radius 3 is 2.11 bits per heavy atom. The number of hydrogen-bond acceptors (Lipinski definition) is 6. The van der Waals surface area contributed by atoms with E-state index in [1.54, 1.807) is 91.0 Å². The molecule has 8 nitrogen and oxygen atoms in total.